The number of aromatic nitrogens is 1. The topological polar surface area (TPSA) is 78.0 Å². The van der Waals surface area contributed by atoms with Crippen LogP contribution in [0.2, 0.25) is 0 Å². The Morgan fingerprint density at radius 3 is 2.68 bits per heavy atom. The number of amides is 1. The van der Waals surface area contributed by atoms with Gasteiger partial charge < -0.3 is 19.1 Å². The molecule has 1 amide bonds. The van der Waals surface area contributed by atoms with Crippen molar-refractivity contribution < 1.29 is 23.8 Å². The van der Waals surface area contributed by atoms with E-state index in [1.165, 1.54) is 14.2 Å². The van der Waals surface area contributed by atoms with Crippen LogP contribution in [0, 0.1) is 0 Å². The molecule has 3 rings (SSSR count). The van der Waals surface area contributed by atoms with Gasteiger partial charge in [-0.15, -0.1) is 0 Å². The highest BCUT2D eigenvalue weighted by Gasteiger charge is 2.32. The van der Waals surface area contributed by atoms with Crippen LogP contribution in [0.25, 0.3) is 0 Å². The standard InChI is InChI=1S/C21H24N2O5/c1-26-20(27-2)18-12-16(8-10-22-18)17-13-23(11-9-19(17)24)21(25)28-14-15-6-4-3-5-7-15/h3-8,10,12,17,20H,9,11,13-14H2,1-2H3. The average Bonchev–Trinajstić information content (AvgIpc) is 2.74. The summed E-state index contributed by atoms with van der Waals surface area (Å²) in [4.78, 5) is 30.8. The van der Waals surface area contributed by atoms with Crippen LogP contribution in [0.1, 0.15) is 35.4 Å². The summed E-state index contributed by atoms with van der Waals surface area (Å²) in [5, 5.41) is 0. The van der Waals surface area contributed by atoms with E-state index in [1.54, 1.807) is 23.2 Å². The number of methoxy groups -OCH3 is 2. The Morgan fingerprint density at radius 1 is 1.21 bits per heavy atom. The van der Waals surface area contributed by atoms with Crippen LogP contribution in [0.4, 0.5) is 4.79 Å². The number of carbonyl (C=O) groups is 2. The van der Waals surface area contributed by atoms with E-state index < -0.39 is 18.3 Å². The molecule has 1 aliphatic heterocycles. The summed E-state index contributed by atoms with van der Waals surface area (Å²) in [6, 6.07) is 13.1. The molecule has 0 spiro atoms. The van der Waals surface area contributed by atoms with Crippen molar-refractivity contribution in [1.82, 2.24) is 9.88 Å². The molecule has 1 atom stereocenters. The van der Waals surface area contributed by atoms with E-state index in [2.05, 4.69) is 4.98 Å². The molecule has 0 N–H and O–H groups in total. The number of pyridine rings is 1. The molecule has 1 fully saturated rings. The molecule has 1 aromatic heterocycles. The Kier molecular flexibility index (Phi) is 6.73. The third-order valence-electron chi connectivity index (χ3n) is 4.76. The molecule has 1 unspecified atom stereocenters. The van der Waals surface area contributed by atoms with Crippen LogP contribution < -0.4 is 0 Å². The first-order valence-corrected chi connectivity index (χ1v) is 9.12. The quantitative estimate of drug-likeness (QED) is 0.713. The molecule has 28 heavy (non-hydrogen) atoms. The van der Waals surface area contributed by atoms with Crippen molar-refractivity contribution in [3.63, 3.8) is 0 Å². The van der Waals surface area contributed by atoms with Crippen LogP contribution in [-0.4, -0.2) is 49.1 Å². The number of hydrogen-bond acceptors (Lipinski definition) is 6. The van der Waals surface area contributed by atoms with Crippen molar-refractivity contribution in [2.45, 2.75) is 25.2 Å². The predicted octanol–water partition coefficient (Wildman–Crippen LogP) is 3.07. The third kappa shape index (κ3) is 4.74. The van der Waals surface area contributed by atoms with Gasteiger partial charge in [-0.1, -0.05) is 30.3 Å². The van der Waals surface area contributed by atoms with Crippen molar-refractivity contribution in [2.75, 3.05) is 27.3 Å². The lowest BCUT2D eigenvalue weighted by Gasteiger charge is -2.31. The zero-order chi connectivity index (χ0) is 19.9. The smallest absolute Gasteiger partial charge is 0.410 e. The second-order valence-corrected chi connectivity index (χ2v) is 6.57. The molecule has 2 heterocycles. The predicted molar refractivity (Wildman–Crippen MR) is 102 cm³/mol. The minimum absolute atomic E-state index is 0.0932. The SMILES string of the molecule is COC(OC)c1cc(C2CN(C(=O)OCc3ccccc3)CCC2=O)ccn1. The third-order valence-corrected chi connectivity index (χ3v) is 4.76. The summed E-state index contributed by atoms with van der Waals surface area (Å²) < 4.78 is 15.9. The van der Waals surface area contributed by atoms with Gasteiger partial charge in [0.1, 0.15) is 12.4 Å². The zero-order valence-electron chi connectivity index (χ0n) is 16.0. The molecule has 0 aliphatic carbocycles. The van der Waals surface area contributed by atoms with Crippen LogP contribution in [0.15, 0.2) is 48.7 Å². The van der Waals surface area contributed by atoms with Crippen LogP contribution >= 0.6 is 0 Å². The summed E-state index contributed by atoms with van der Waals surface area (Å²) in [6.45, 7) is 0.845. The minimum atomic E-state index is -0.606. The van der Waals surface area contributed by atoms with Crippen LogP contribution in [0.3, 0.4) is 0 Å². The van der Waals surface area contributed by atoms with Gasteiger partial charge in [-0.3, -0.25) is 9.78 Å². The number of ketones is 1. The highest BCUT2D eigenvalue weighted by Crippen LogP contribution is 2.27. The lowest BCUT2D eigenvalue weighted by atomic mass is 9.89. The van der Waals surface area contributed by atoms with Gasteiger partial charge in [-0.05, 0) is 23.3 Å². The van der Waals surface area contributed by atoms with E-state index in [4.69, 9.17) is 14.2 Å². The number of likely N-dealkylation sites (tertiary alicyclic amines) is 1. The number of nitrogens with zero attached hydrogens (tertiary/aromatic N) is 2. The highest BCUT2D eigenvalue weighted by molar-refractivity contribution is 5.88. The molecular formula is C21H24N2O5. The Morgan fingerprint density at radius 2 is 1.96 bits per heavy atom. The van der Waals surface area contributed by atoms with Gasteiger partial charge in [-0.25, -0.2) is 4.79 Å². The van der Waals surface area contributed by atoms with Crippen LogP contribution in [-0.2, 0) is 25.6 Å². The molecular weight excluding hydrogens is 360 g/mol. The summed E-state index contributed by atoms with van der Waals surface area (Å²) in [6.07, 6.45) is 0.893. The molecule has 2 aromatic rings. The molecule has 0 radical (unpaired) electrons. The van der Waals surface area contributed by atoms with Gasteiger partial charge in [0.05, 0.1) is 11.6 Å². The van der Waals surface area contributed by atoms with Gasteiger partial charge in [0, 0.05) is 39.9 Å². The number of carbonyl (C=O) groups excluding carboxylic acids is 2. The number of ether oxygens (including phenoxy) is 3. The fourth-order valence-electron chi connectivity index (χ4n) is 3.25. The molecule has 1 aromatic carbocycles. The van der Waals surface area contributed by atoms with Crippen molar-refractivity contribution in [3.05, 3.63) is 65.5 Å². The maximum absolute atomic E-state index is 12.5. The van der Waals surface area contributed by atoms with Gasteiger partial charge in [-0.2, -0.15) is 0 Å². The Balaban J connectivity index is 1.68. The largest absolute Gasteiger partial charge is 0.445 e. The maximum Gasteiger partial charge on any atom is 0.410 e. The number of benzene rings is 1. The average molecular weight is 384 g/mol. The first kappa shape index (κ1) is 20.0. The second kappa shape index (κ2) is 9.43. The van der Waals surface area contributed by atoms with Gasteiger partial charge in [0.25, 0.3) is 0 Å². The van der Waals surface area contributed by atoms with Crippen molar-refractivity contribution in [3.8, 4) is 0 Å². The molecule has 148 valence electrons. The fourth-order valence-corrected chi connectivity index (χ4v) is 3.25. The first-order valence-electron chi connectivity index (χ1n) is 9.12. The zero-order valence-corrected chi connectivity index (χ0v) is 16.0. The Bertz CT molecular complexity index is 807. The van der Waals surface area contributed by atoms with Gasteiger partial charge >= 0.3 is 6.09 Å². The first-order chi connectivity index (χ1) is 13.6. The van der Waals surface area contributed by atoms with E-state index in [1.807, 2.05) is 30.3 Å². The molecule has 7 nitrogen and oxygen atoms in total. The molecule has 0 saturated carbocycles. The fraction of sp³-hybridized carbons (Fsp3) is 0.381. The molecule has 7 heteroatoms. The number of piperidine rings is 1. The molecule has 1 aliphatic rings. The van der Waals surface area contributed by atoms with Gasteiger partial charge in [0.15, 0.2) is 0 Å². The lowest BCUT2D eigenvalue weighted by molar-refractivity contribution is -0.123. The maximum atomic E-state index is 12.5. The highest BCUT2D eigenvalue weighted by atomic mass is 16.7. The molecule has 0 bridgehead atoms. The van der Waals surface area contributed by atoms with E-state index in [0.29, 0.717) is 18.7 Å². The van der Waals surface area contributed by atoms with Crippen molar-refractivity contribution >= 4 is 11.9 Å². The van der Waals surface area contributed by atoms with E-state index in [9.17, 15) is 9.59 Å². The van der Waals surface area contributed by atoms with Crippen LogP contribution in [0.5, 0.6) is 0 Å². The summed E-state index contributed by atoms with van der Waals surface area (Å²) in [7, 11) is 3.05. The monoisotopic (exact) mass is 384 g/mol. The lowest BCUT2D eigenvalue weighted by Crippen LogP contribution is -2.43. The van der Waals surface area contributed by atoms with E-state index >= 15 is 0 Å². The van der Waals surface area contributed by atoms with E-state index in [0.717, 1.165) is 11.1 Å². The van der Waals surface area contributed by atoms with Gasteiger partial charge in [0.2, 0.25) is 6.29 Å². The summed E-state index contributed by atoms with van der Waals surface area (Å²) >= 11 is 0. The van der Waals surface area contributed by atoms with Crippen molar-refractivity contribution in [1.29, 1.82) is 0 Å². The molecule has 1 saturated heterocycles. The summed E-state index contributed by atoms with van der Waals surface area (Å²) in [5.74, 6) is -0.329. The van der Waals surface area contributed by atoms with E-state index in [-0.39, 0.29) is 18.9 Å². The Labute approximate surface area is 164 Å². The number of hydrogen-bond donors (Lipinski definition) is 0. The number of Topliss-reactive ketones (excluding diaryl/α,β-unsaturated/α-hetero) is 1. The second-order valence-electron chi connectivity index (χ2n) is 6.57. The minimum Gasteiger partial charge on any atom is -0.445 e. The summed E-state index contributed by atoms with van der Waals surface area (Å²) in [5.41, 5.74) is 2.29. The normalized spacial score (nSPS) is 17.0. The number of rotatable bonds is 6. The van der Waals surface area contributed by atoms with Crippen molar-refractivity contribution in [2.24, 2.45) is 0 Å². The Hall–Kier alpha value is -2.77.